The highest BCUT2D eigenvalue weighted by atomic mass is 16.7. The van der Waals surface area contributed by atoms with Gasteiger partial charge in [-0.3, -0.25) is 4.90 Å². The first kappa shape index (κ1) is 38.2. The predicted octanol–water partition coefficient (Wildman–Crippen LogP) is 5.36. The highest BCUT2D eigenvalue weighted by Gasteiger charge is 2.49. The lowest BCUT2D eigenvalue weighted by Gasteiger charge is -2.46. The monoisotopic (exact) mass is 713 g/mol. The topological polar surface area (TPSA) is 97.3 Å². The fourth-order valence-corrected chi connectivity index (χ4v) is 6.70. The third kappa shape index (κ3) is 10.8. The SMILES string of the molecule is CO[C@@H]1CN(C[C@H]2O[C@H](OC)[C@H](OCc3ccccc3)[C@@H](OCc3ccccc3)[C@@H]2OCc2ccccc2)C[C@H](OCc2ccccc2)[C@@H](CO)O1. The smallest absolute Gasteiger partial charge is 0.186 e. The van der Waals surface area contributed by atoms with Crippen LogP contribution < -0.4 is 0 Å². The Bertz CT molecular complexity index is 1550. The van der Waals surface area contributed by atoms with Crippen molar-refractivity contribution >= 4 is 0 Å². The molecule has 0 saturated carbocycles. The molecule has 0 radical (unpaired) electrons. The Morgan fingerprint density at radius 1 is 0.538 bits per heavy atom. The zero-order chi connectivity index (χ0) is 36.0. The van der Waals surface area contributed by atoms with E-state index in [0.29, 0.717) is 46.1 Å². The number of methoxy groups -OCH3 is 2. The summed E-state index contributed by atoms with van der Waals surface area (Å²) in [5.41, 5.74) is 4.12. The van der Waals surface area contributed by atoms with Gasteiger partial charge in [0, 0.05) is 33.9 Å². The molecule has 0 aliphatic carbocycles. The van der Waals surface area contributed by atoms with Crippen LogP contribution in [0, 0.1) is 0 Å². The van der Waals surface area contributed by atoms with Gasteiger partial charge in [-0.1, -0.05) is 121 Å². The second kappa shape index (κ2) is 20.1. The summed E-state index contributed by atoms with van der Waals surface area (Å²) in [5.74, 6) is 0. The van der Waals surface area contributed by atoms with Gasteiger partial charge in [0.15, 0.2) is 12.6 Å². The van der Waals surface area contributed by atoms with Gasteiger partial charge in [-0.05, 0) is 22.3 Å². The molecule has 2 fully saturated rings. The quantitative estimate of drug-likeness (QED) is 0.154. The third-order valence-corrected chi connectivity index (χ3v) is 9.45. The Morgan fingerprint density at radius 2 is 1.00 bits per heavy atom. The molecule has 0 spiro atoms. The molecule has 10 heteroatoms. The van der Waals surface area contributed by atoms with E-state index in [9.17, 15) is 5.11 Å². The van der Waals surface area contributed by atoms with Crippen LogP contribution >= 0.6 is 0 Å². The van der Waals surface area contributed by atoms with Crippen LogP contribution in [0.25, 0.3) is 0 Å². The first-order chi connectivity index (χ1) is 25.6. The largest absolute Gasteiger partial charge is 0.394 e. The summed E-state index contributed by atoms with van der Waals surface area (Å²) in [7, 11) is 3.23. The number of aliphatic hydroxyl groups is 1. The van der Waals surface area contributed by atoms with E-state index in [4.69, 9.17) is 37.9 Å². The second-order valence-corrected chi connectivity index (χ2v) is 13.1. The van der Waals surface area contributed by atoms with Crippen LogP contribution in [0.3, 0.4) is 0 Å². The van der Waals surface area contributed by atoms with Gasteiger partial charge < -0.3 is 43.0 Å². The van der Waals surface area contributed by atoms with Crippen molar-refractivity contribution in [3.63, 3.8) is 0 Å². The van der Waals surface area contributed by atoms with Crippen LogP contribution in [0.4, 0.5) is 0 Å². The number of benzene rings is 4. The fourth-order valence-electron chi connectivity index (χ4n) is 6.70. The van der Waals surface area contributed by atoms with Crippen molar-refractivity contribution in [2.45, 2.75) is 75.6 Å². The standard InChI is InChI=1S/C42H51NO9/c1-45-38-25-43(23-35(37(26-44)51-38)47-27-31-15-7-3-8-16-31)24-36-39(48-28-32-17-9-4-10-18-32)40(49-29-33-19-11-5-12-20-33)41(42(46-2)52-36)50-30-34-21-13-6-14-22-34/h3-22,35-42,44H,23-30H2,1-2H3/t35-,36+,37+,38-,39+,40-,41+,42-/m0/s1. The minimum absolute atomic E-state index is 0.211. The third-order valence-electron chi connectivity index (χ3n) is 9.45. The number of hydrogen-bond donors (Lipinski definition) is 1. The van der Waals surface area contributed by atoms with E-state index in [2.05, 4.69) is 4.90 Å². The van der Waals surface area contributed by atoms with Gasteiger partial charge in [0.2, 0.25) is 0 Å². The molecule has 2 aliphatic rings. The lowest BCUT2D eigenvalue weighted by molar-refractivity contribution is -0.319. The average Bonchev–Trinajstić information content (AvgIpc) is 3.38. The number of nitrogens with zero attached hydrogens (tertiary/aromatic N) is 1. The summed E-state index contributed by atoms with van der Waals surface area (Å²) >= 11 is 0. The van der Waals surface area contributed by atoms with Gasteiger partial charge in [0.05, 0.1) is 39.1 Å². The van der Waals surface area contributed by atoms with E-state index >= 15 is 0 Å². The van der Waals surface area contributed by atoms with Gasteiger partial charge in [0.25, 0.3) is 0 Å². The van der Waals surface area contributed by atoms with Crippen molar-refractivity contribution in [3.8, 4) is 0 Å². The summed E-state index contributed by atoms with van der Waals surface area (Å²) in [6, 6.07) is 40.1. The number of aliphatic hydroxyl groups excluding tert-OH is 1. The number of rotatable bonds is 17. The van der Waals surface area contributed by atoms with Crippen molar-refractivity contribution in [2.24, 2.45) is 0 Å². The van der Waals surface area contributed by atoms with Gasteiger partial charge in [-0.15, -0.1) is 0 Å². The predicted molar refractivity (Wildman–Crippen MR) is 195 cm³/mol. The molecular formula is C42H51NO9. The van der Waals surface area contributed by atoms with Crippen molar-refractivity contribution in [1.29, 1.82) is 0 Å². The van der Waals surface area contributed by atoms with Crippen molar-refractivity contribution in [2.75, 3.05) is 40.5 Å². The minimum Gasteiger partial charge on any atom is -0.394 e. The average molecular weight is 714 g/mol. The molecule has 52 heavy (non-hydrogen) atoms. The van der Waals surface area contributed by atoms with Gasteiger partial charge in [-0.25, -0.2) is 0 Å². The molecule has 1 N–H and O–H groups in total. The molecule has 0 aromatic heterocycles. The Morgan fingerprint density at radius 3 is 1.46 bits per heavy atom. The molecule has 278 valence electrons. The van der Waals surface area contributed by atoms with Gasteiger partial charge in [0.1, 0.15) is 30.5 Å². The number of hydrogen-bond acceptors (Lipinski definition) is 10. The zero-order valence-electron chi connectivity index (χ0n) is 30.0. The number of ether oxygens (including phenoxy) is 8. The second-order valence-electron chi connectivity index (χ2n) is 13.1. The van der Waals surface area contributed by atoms with Crippen molar-refractivity contribution in [1.82, 2.24) is 4.90 Å². The highest BCUT2D eigenvalue weighted by Crippen LogP contribution is 2.32. The van der Waals surface area contributed by atoms with Crippen LogP contribution in [-0.2, 0) is 64.3 Å². The Balaban J connectivity index is 1.28. The molecule has 2 heterocycles. The molecule has 2 saturated heterocycles. The van der Waals surface area contributed by atoms with E-state index in [1.54, 1.807) is 14.2 Å². The maximum Gasteiger partial charge on any atom is 0.186 e. The molecule has 4 aromatic rings. The van der Waals surface area contributed by atoms with Crippen molar-refractivity contribution in [3.05, 3.63) is 144 Å². The Kier molecular flexibility index (Phi) is 14.8. The molecule has 10 nitrogen and oxygen atoms in total. The molecule has 2 aliphatic heterocycles. The molecule has 8 atom stereocenters. The van der Waals surface area contributed by atoms with E-state index in [1.807, 2.05) is 121 Å². The molecule has 4 aromatic carbocycles. The summed E-state index contributed by atoms with van der Waals surface area (Å²) in [6.45, 7) is 2.51. The first-order valence-electron chi connectivity index (χ1n) is 17.9. The fraction of sp³-hybridized carbons (Fsp3) is 0.429. The normalized spacial score (nSPS) is 26.9. The van der Waals surface area contributed by atoms with Crippen LogP contribution in [0.2, 0.25) is 0 Å². The van der Waals surface area contributed by atoms with Crippen LogP contribution in [0.1, 0.15) is 22.3 Å². The summed E-state index contributed by atoms with van der Waals surface area (Å²) < 4.78 is 51.4. The van der Waals surface area contributed by atoms with Gasteiger partial charge in [-0.2, -0.15) is 0 Å². The van der Waals surface area contributed by atoms with Gasteiger partial charge >= 0.3 is 0 Å². The van der Waals surface area contributed by atoms with Crippen molar-refractivity contribution < 1.29 is 43.0 Å². The first-order valence-corrected chi connectivity index (χ1v) is 17.9. The molecular weight excluding hydrogens is 662 g/mol. The summed E-state index contributed by atoms with van der Waals surface area (Å²) in [6.07, 6.45) is -4.60. The molecule has 0 bridgehead atoms. The lowest BCUT2D eigenvalue weighted by Crippen LogP contribution is -2.63. The molecule has 6 rings (SSSR count). The van der Waals surface area contributed by atoms with E-state index < -0.39 is 49.2 Å². The molecule has 0 unspecified atom stereocenters. The maximum absolute atomic E-state index is 10.4. The Labute approximate surface area is 307 Å². The lowest BCUT2D eigenvalue weighted by atomic mass is 9.96. The summed E-state index contributed by atoms with van der Waals surface area (Å²) in [5, 5.41) is 10.4. The zero-order valence-corrected chi connectivity index (χ0v) is 30.0. The van der Waals surface area contributed by atoms with Crippen LogP contribution in [0.5, 0.6) is 0 Å². The molecule has 0 amide bonds. The van der Waals surface area contributed by atoms with Crippen LogP contribution in [0.15, 0.2) is 121 Å². The van der Waals surface area contributed by atoms with E-state index in [1.165, 1.54) is 0 Å². The van der Waals surface area contributed by atoms with E-state index in [-0.39, 0.29) is 6.61 Å². The highest BCUT2D eigenvalue weighted by molar-refractivity contribution is 5.16. The maximum atomic E-state index is 10.4. The van der Waals surface area contributed by atoms with Crippen LogP contribution in [-0.4, -0.2) is 99.7 Å². The minimum atomic E-state index is -0.747. The summed E-state index contributed by atoms with van der Waals surface area (Å²) in [4.78, 5) is 2.19. The Hall–Kier alpha value is -3.52. The van der Waals surface area contributed by atoms with E-state index in [0.717, 1.165) is 22.3 Å².